The van der Waals surface area contributed by atoms with Crippen LogP contribution in [-0.2, 0) is 11.0 Å². The summed E-state index contributed by atoms with van der Waals surface area (Å²) in [6.45, 7) is 3.81. The summed E-state index contributed by atoms with van der Waals surface area (Å²) in [6, 6.07) is 10.8. The van der Waals surface area contributed by atoms with Crippen molar-refractivity contribution in [1.29, 1.82) is 5.26 Å². The number of rotatable bonds is 2. The molecule has 0 unspecified atom stereocenters. The van der Waals surface area contributed by atoms with Crippen LogP contribution < -0.4 is 10.6 Å². The first-order chi connectivity index (χ1) is 14.5. The Bertz CT molecular complexity index is 1150. The smallest absolute Gasteiger partial charge is 0.384 e. The van der Waals surface area contributed by atoms with E-state index in [9.17, 15) is 23.2 Å². The largest absolute Gasteiger partial charge is 0.418 e. The highest BCUT2D eigenvalue weighted by Crippen LogP contribution is 2.52. The minimum absolute atomic E-state index is 0.0677. The monoisotopic (exact) mass is 443 g/mol. The van der Waals surface area contributed by atoms with Gasteiger partial charge in [-0.25, -0.2) is 0 Å². The third-order valence-electron chi connectivity index (χ3n) is 5.66. The molecular formula is C23H20F3N3OS. The van der Waals surface area contributed by atoms with Crippen LogP contribution in [0, 0.1) is 16.7 Å². The number of hydrogen-bond donors (Lipinski definition) is 1. The summed E-state index contributed by atoms with van der Waals surface area (Å²) in [5, 5.41) is 11.8. The molecule has 0 spiro atoms. The first-order valence-electron chi connectivity index (χ1n) is 9.71. The Morgan fingerprint density at radius 3 is 2.52 bits per heavy atom. The number of hydrogen-bond acceptors (Lipinski definition) is 5. The normalized spacial score (nSPS) is 21.2. The lowest BCUT2D eigenvalue weighted by atomic mass is 9.69. The molecule has 1 aromatic carbocycles. The summed E-state index contributed by atoms with van der Waals surface area (Å²) in [7, 11) is 0. The van der Waals surface area contributed by atoms with Crippen LogP contribution >= 0.6 is 11.3 Å². The Balaban J connectivity index is 2.04. The van der Waals surface area contributed by atoms with Gasteiger partial charge in [0.2, 0.25) is 0 Å². The summed E-state index contributed by atoms with van der Waals surface area (Å²) in [6.07, 6.45) is -4.01. The van der Waals surface area contributed by atoms with Gasteiger partial charge < -0.3 is 5.73 Å². The number of nitrogens with zero attached hydrogens (tertiary/aromatic N) is 2. The minimum Gasteiger partial charge on any atom is -0.384 e. The van der Waals surface area contributed by atoms with Crippen molar-refractivity contribution in [3.63, 3.8) is 0 Å². The maximum absolute atomic E-state index is 13.8. The highest BCUT2D eigenvalue weighted by atomic mass is 32.1. The number of para-hydroxylation sites is 1. The Hall–Kier alpha value is -3.05. The number of benzene rings is 1. The molecule has 1 aromatic heterocycles. The predicted octanol–water partition coefficient (Wildman–Crippen LogP) is 5.71. The first-order valence-corrected chi connectivity index (χ1v) is 10.6. The number of ketones is 1. The molecule has 2 aliphatic rings. The molecule has 8 heteroatoms. The van der Waals surface area contributed by atoms with E-state index in [0.717, 1.165) is 10.9 Å². The number of thiophene rings is 1. The van der Waals surface area contributed by atoms with Crippen LogP contribution in [0.4, 0.5) is 18.9 Å². The van der Waals surface area contributed by atoms with Crippen molar-refractivity contribution in [2.75, 3.05) is 4.90 Å². The molecule has 0 fully saturated rings. The maximum atomic E-state index is 13.8. The lowest BCUT2D eigenvalue weighted by molar-refractivity contribution is -0.137. The molecule has 1 aliphatic heterocycles. The van der Waals surface area contributed by atoms with Crippen molar-refractivity contribution in [3.8, 4) is 6.07 Å². The molecule has 0 amide bonds. The molecule has 2 aromatic rings. The van der Waals surface area contributed by atoms with E-state index in [0.29, 0.717) is 17.7 Å². The molecule has 160 valence electrons. The van der Waals surface area contributed by atoms with Gasteiger partial charge in [-0.1, -0.05) is 32.0 Å². The highest BCUT2D eigenvalue weighted by Gasteiger charge is 2.46. The van der Waals surface area contributed by atoms with E-state index < -0.39 is 23.1 Å². The van der Waals surface area contributed by atoms with Gasteiger partial charge in [-0.15, -0.1) is 11.3 Å². The second-order valence-electron chi connectivity index (χ2n) is 8.51. The number of anilines is 1. The van der Waals surface area contributed by atoms with Gasteiger partial charge in [0.25, 0.3) is 0 Å². The molecule has 0 bridgehead atoms. The predicted molar refractivity (Wildman–Crippen MR) is 113 cm³/mol. The summed E-state index contributed by atoms with van der Waals surface area (Å²) in [4.78, 5) is 15.3. The summed E-state index contributed by atoms with van der Waals surface area (Å²) in [5.74, 6) is -0.904. The Morgan fingerprint density at radius 1 is 1.19 bits per heavy atom. The zero-order chi connectivity index (χ0) is 22.6. The fourth-order valence-corrected chi connectivity index (χ4v) is 5.28. The molecule has 0 radical (unpaired) electrons. The number of nitrogens with two attached hydrogens (primary N) is 1. The average Bonchev–Trinajstić information content (AvgIpc) is 3.20. The molecular weight excluding hydrogens is 423 g/mol. The maximum Gasteiger partial charge on any atom is 0.418 e. The summed E-state index contributed by atoms with van der Waals surface area (Å²) >= 11 is 1.39. The molecule has 2 N–H and O–H groups in total. The van der Waals surface area contributed by atoms with Gasteiger partial charge in [-0.2, -0.15) is 18.4 Å². The molecule has 4 rings (SSSR count). The third kappa shape index (κ3) is 3.53. The van der Waals surface area contributed by atoms with Crippen molar-refractivity contribution >= 4 is 22.8 Å². The van der Waals surface area contributed by atoms with Gasteiger partial charge in [0.1, 0.15) is 5.82 Å². The number of allylic oxidation sites excluding steroid dienone is 3. The van der Waals surface area contributed by atoms with Crippen LogP contribution in [0.5, 0.6) is 0 Å². The fraction of sp³-hybridized carbons (Fsp3) is 0.304. The molecule has 1 atom stereocenters. The van der Waals surface area contributed by atoms with Crippen molar-refractivity contribution in [2.24, 2.45) is 11.1 Å². The summed E-state index contributed by atoms with van der Waals surface area (Å²) < 4.78 is 41.5. The van der Waals surface area contributed by atoms with E-state index in [1.165, 1.54) is 34.4 Å². The van der Waals surface area contributed by atoms with E-state index >= 15 is 0 Å². The Labute approximate surface area is 182 Å². The first kappa shape index (κ1) is 21.2. The standard InChI is InChI=1S/C23H20F3N3OS/c1-22(2)10-16-20(17(30)11-22)19(18-8-5-9-31-18)13(12-27)21(28)29(16)15-7-4-3-6-14(15)23(24,25)26/h3-9,19H,10-11,28H2,1-2H3/t19-/m1/s1. The van der Waals surface area contributed by atoms with Crippen LogP contribution in [-0.4, -0.2) is 5.78 Å². The number of nitriles is 1. The van der Waals surface area contributed by atoms with E-state index in [2.05, 4.69) is 6.07 Å². The van der Waals surface area contributed by atoms with Crippen molar-refractivity contribution in [3.05, 3.63) is 74.9 Å². The second kappa shape index (κ2) is 7.27. The van der Waals surface area contributed by atoms with Crippen LogP contribution in [0.15, 0.2) is 64.4 Å². The van der Waals surface area contributed by atoms with Gasteiger partial charge in [0.05, 0.1) is 28.8 Å². The van der Waals surface area contributed by atoms with Crippen LogP contribution in [0.2, 0.25) is 0 Å². The lowest BCUT2D eigenvalue weighted by Crippen LogP contribution is -2.42. The Kier molecular flexibility index (Phi) is 4.97. The van der Waals surface area contributed by atoms with Crippen molar-refractivity contribution in [1.82, 2.24) is 0 Å². The van der Waals surface area contributed by atoms with Crippen molar-refractivity contribution in [2.45, 2.75) is 38.8 Å². The number of alkyl halides is 3. The molecule has 1 aliphatic carbocycles. The SMILES string of the molecule is CC1(C)CC(=O)C2=C(C1)N(c1ccccc1C(F)(F)F)C(N)=C(C#N)[C@@H]2c1cccs1. The fourth-order valence-electron chi connectivity index (χ4n) is 4.43. The van der Waals surface area contributed by atoms with Gasteiger partial charge in [0.15, 0.2) is 5.78 Å². The second-order valence-corrected chi connectivity index (χ2v) is 9.49. The number of Topliss-reactive ketones (excluding diaryl/α,β-unsaturated/α-hetero) is 1. The van der Waals surface area contributed by atoms with E-state index in [1.54, 1.807) is 0 Å². The van der Waals surface area contributed by atoms with Crippen LogP contribution in [0.1, 0.15) is 43.0 Å². The topological polar surface area (TPSA) is 70.1 Å². The van der Waals surface area contributed by atoms with E-state index in [4.69, 9.17) is 5.73 Å². The molecule has 0 saturated carbocycles. The zero-order valence-corrected chi connectivity index (χ0v) is 17.8. The molecule has 2 heterocycles. The molecule has 4 nitrogen and oxygen atoms in total. The van der Waals surface area contributed by atoms with Gasteiger partial charge in [0, 0.05) is 22.6 Å². The molecule has 0 saturated heterocycles. The van der Waals surface area contributed by atoms with Crippen LogP contribution in [0.3, 0.4) is 0 Å². The average molecular weight is 443 g/mol. The van der Waals surface area contributed by atoms with Crippen molar-refractivity contribution < 1.29 is 18.0 Å². The highest BCUT2D eigenvalue weighted by molar-refractivity contribution is 7.10. The summed E-state index contributed by atoms with van der Waals surface area (Å²) in [5.41, 5.74) is 5.78. The molecule has 31 heavy (non-hydrogen) atoms. The third-order valence-corrected chi connectivity index (χ3v) is 6.60. The lowest BCUT2D eigenvalue weighted by Gasteiger charge is -2.44. The minimum atomic E-state index is -4.62. The number of carbonyl (C=O) groups excluding carboxylic acids is 1. The van der Waals surface area contributed by atoms with Gasteiger partial charge in [-0.05, 0) is 35.4 Å². The zero-order valence-electron chi connectivity index (χ0n) is 17.0. The quantitative estimate of drug-likeness (QED) is 0.646. The van der Waals surface area contributed by atoms with Gasteiger partial charge in [-0.3, -0.25) is 9.69 Å². The Morgan fingerprint density at radius 2 is 1.90 bits per heavy atom. The number of halogens is 3. The van der Waals surface area contributed by atoms with E-state index in [1.807, 2.05) is 31.4 Å². The van der Waals surface area contributed by atoms with Crippen LogP contribution in [0.25, 0.3) is 0 Å². The number of carbonyl (C=O) groups is 1. The van der Waals surface area contributed by atoms with E-state index in [-0.39, 0.29) is 29.3 Å². The van der Waals surface area contributed by atoms with Gasteiger partial charge >= 0.3 is 6.18 Å².